The lowest BCUT2D eigenvalue weighted by Crippen LogP contribution is -2.43. The van der Waals surface area contributed by atoms with Crippen LogP contribution in [0.1, 0.15) is 23.2 Å². The monoisotopic (exact) mass is 246 g/mol. The average Bonchev–Trinajstić information content (AvgIpc) is 2.89. The van der Waals surface area contributed by atoms with Crippen molar-refractivity contribution in [2.45, 2.75) is 18.9 Å². The SMILES string of the molecule is CN(CC12CNC(C1)C2)OC(=O)c1ccccc1. The Hall–Kier alpha value is -1.39. The normalized spacial score (nSPS) is 29.1. The molecule has 1 aromatic rings. The van der Waals surface area contributed by atoms with Crippen molar-refractivity contribution < 1.29 is 9.63 Å². The molecule has 2 heterocycles. The minimum Gasteiger partial charge on any atom is -0.364 e. The van der Waals surface area contributed by atoms with E-state index in [0.29, 0.717) is 17.0 Å². The van der Waals surface area contributed by atoms with Gasteiger partial charge in [0.1, 0.15) is 0 Å². The highest BCUT2D eigenvalue weighted by atomic mass is 16.7. The smallest absolute Gasteiger partial charge is 0.357 e. The van der Waals surface area contributed by atoms with E-state index in [0.717, 1.165) is 13.1 Å². The van der Waals surface area contributed by atoms with Crippen molar-refractivity contribution in [2.24, 2.45) is 5.41 Å². The van der Waals surface area contributed by atoms with E-state index < -0.39 is 0 Å². The van der Waals surface area contributed by atoms with Gasteiger partial charge in [-0.1, -0.05) is 18.2 Å². The Bertz CT molecular complexity index is 435. The first-order chi connectivity index (χ1) is 8.67. The molecule has 1 aromatic carbocycles. The molecule has 0 unspecified atom stereocenters. The van der Waals surface area contributed by atoms with E-state index in [9.17, 15) is 4.79 Å². The number of nitrogens with zero attached hydrogens (tertiary/aromatic N) is 1. The van der Waals surface area contributed by atoms with Gasteiger partial charge in [0.25, 0.3) is 0 Å². The second-order valence-corrected chi connectivity index (χ2v) is 5.52. The summed E-state index contributed by atoms with van der Waals surface area (Å²) in [6, 6.07) is 9.80. The van der Waals surface area contributed by atoms with Crippen LogP contribution in [0.15, 0.2) is 30.3 Å². The highest BCUT2D eigenvalue weighted by Crippen LogP contribution is 2.46. The van der Waals surface area contributed by atoms with Gasteiger partial charge in [0.15, 0.2) is 0 Å². The molecule has 0 amide bonds. The molecule has 2 bridgehead atoms. The molecular weight excluding hydrogens is 228 g/mol. The molecule has 1 N–H and O–H groups in total. The van der Waals surface area contributed by atoms with Crippen molar-refractivity contribution in [3.63, 3.8) is 0 Å². The quantitative estimate of drug-likeness (QED) is 0.816. The van der Waals surface area contributed by atoms with Gasteiger partial charge in [-0.15, -0.1) is 5.06 Å². The van der Waals surface area contributed by atoms with Gasteiger partial charge in [-0.2, -0.15) is 0 Å². The molecule has 0 spiro atoms. The fourth-order valence-electron chi connectivity index (χ4n) is 3.09. The molecule has 1 saturated carbocycles. The molecule has 18 heavy (non-hydrogen) atoms. The summed E-state index contributed by atoms with van der Waals surface area (Å²) in [5.41, 5.74) is 0.925. The van der Waals surface area contributed by atoms with Crippen LogP contribution < -0.4 is 5.32 Å². The fourth-order valence-corrected chi connectivity index (χ4v) is 3.09. The minimum absolute atomic E-state index is 0.281. The highest BCUT2D eigenvalue weighted by Gasteiger charge is 2.50. The van der Waals surface area contributed by atoms with Crippen molar-refractivity contribution in [3.8, 4) is 0 Å². The van der Waals surface area contributed by atoms with E-state index in [1.807, 2.05) is 25.2 Å². The Labute approximate surface area is 107 Å². The zero-order valence-corrected chi connectivity index (χ0v) is 10.6. The third kappa shape index (κ3) is 2.13. The maximum Gasteiger partial charge on any atom is 0.357 e. The number of hydroxylamine groups is 2. The highest BCUT2D eigenvalue weighted by molar-refractivity contribution is 5.89. The Morgan fingerprint density at radius 2 is 2.17 bits per heavy atom. The molecule has 3 aliphatic rings. The third-order valence-electron chi connectivity index (χ3n) is 3.93. The standard InChI is InChI=1S/C14H18N2O2/c1-16(10-14-7-12(8-14)15-9-14)18-13(17)11-5-3-2-4-6-11/h2-6,12,15H,7-10H2,1H3. The molecule has 96 valence electrons. The van der Waals surface area contributed by atoms with E-state index in [4.69, 9.17) is 4.84 Å². The molecule has 0 atom stereocenters. The van der Waals surface area contributed by atoms with Crippen molar-refractivity contribution in [1.29, 1.82) is 0 Å². The number of rotatable bonds is 4. The molecule has 0 aromatic heterocycles. The van der Waals surface area contributed by atoms with Gasteiger partial charge in [0.05, 0.1) is 5.56 Å². The van der Waals surface area contributed by atoms with Crippen LogP contribution in [0.5, 0.6) is 0 Å². The lowest BCUT2D eigenvalue weighted by atomic mass is 9.70. The number of carbonyl (C=O) groups excluding carboxylic acids is 1. The summed E-state index contributed by atoms with van der Waals surface area (Å²) >= 11 is 0. The van der Waals surface area contributed by atoms with Gasteiger partial charge in [-0.05, 0) is 25.0 Å². The predicted molar refractivity (Wildman–Crippen MR) is 67.9 cm³/mol. The number of fused-ring (bicyclic) bond motifs is 1. The maximum absolute atomic E-state index is 11.9. The van der Waals surface area contributed by atoms with Crippen LogP contribution in [0.2, 0.25) is 0 Å². The van der Waals surface area contributed by atoms with Crippen LogP contribution in [0, 0.1) is 5.41 Å². The molecule has 1 aliphatic carbocycles. The number of benzene rings is 1. The van der Waals surface area contributed by atoms with E-state index in [-0.39, 0.29) is 5.97 Å². The summed E-state index contributed by atoms with van der Waals surface area (Å²) in [5.74, 6) is -0.281. The first-order valence-corrected chi connectivity index (χ1v) is 6.39. The lowest BCUT2D eigenvalue weighted by Gasteiger charge is -2.38. The van der Waals surface area contributed by atoms with Crippen molar-refractivity contribution in [3.05, 3.63) is 35.9 Å². The molecule has 4 nitrogen and oxygen atoms in total. The topological polar surface area (TPSA) is 41.6 Å². The third-order valence-corrected chi connectivity index (χ3v) is 3.93. The van der Waals surface area contributed by atoms with Gasteiger partial charge < -0.3 is 10.2 Å². The fraction of sp³-hybridized carbons (Fsp3) is 0.500. The summed E-state index contributed by atoms with van der Waals surface area (Å²) in [5, 5.41) is 5.14. The Balaban J connectivity index is 1.55. The molecule has 2 saturated heterocycles. The summed E-state index contributed by atoms with van der Waals surface area (Å²) < 4.78 is 0. The van der Waals surface area contributed by atoms with Crippen LogP contribution in [0.3, 0.4) is 0 Å². The van der Waals surface area contributed by atoms with Crippen molar-refractivity contribution in [2.75, 3.05) is 20.1 Å². The van der Waals surface area contributed by atoms with Crippen LogP contribution in [0.4, 0.5) is 0 Å². The van der Waals surface area contributed by atoms with Gasteiger partial charge in [-0.25, -0.2) is 4.79 Å². The second kappa shape index (κ2) is 4.37. The van der Waals surface area contributed by atoms with Crippen LogP contribution in [0.25, 0.3) is 0 Å². The molecule has 3 fully saturated rings. The number of carbonyl (C=O) groups is 1. The summed E-state index contributed by atoms with van der Waals surface area (Å²) in [4.78, 5) is 17.2. The zero-order valence-electron chi connectivity index (χ0n) is 10.6. The van der Waals surface area contributed by atoms with Gasteiger partial charge in [0, 0.05) is 31.6 Å². The number of hydrogen-bond donors (Lipinski definition) is 1. The van der Waals surface area contributed by atoms with E-state index >= 15 is 0 Å². The Morgan fingerprint density at radius 3 is 2.78 bits per heavy atom. The summed E-state index contributed by atoms with van der Waals surface area (Å²) in [6.07, 6.45) is 2.42. The lowest BCUT2D eigenvalue weighted by molar-refractivity contribution is -0.115. The number of nitrogens with one attached hydrogen (secondary N) is 1. The Kier molecular flexibility index (Phi) is 2.84. The molecule has 0 radical (unpaired) electrons. The van der Waals surface area contributed by atoms with E-state index in [1.165, 1.54) is 12.8 Å². The predicted octanol–water partition coefficient (Wildman–Crippen LogP) is 1.44. The second-order valence-electron chi connectivity index (χ2n) is 5.52. The zero-order chi connectivity index (χ0) is 12.6. The first-order valence-electron chi connectivity index (χ1n) is 6.39. The first kappa shape index (κ1) is 11.7. The summed E-state index contributed by atoms with van der Waals surface area (Å²) in [6.45, 7) is 1.86. The summed E-state index contributed by atoms with van der Waals surface area (Å²) in [7, 11) is 1.83. The van der Waals surface area contributed by atoms with Gasteiger partial charge in [0.2, 0.25) is 0 Å². The van der Waals surface area contributed by atoms with Crippen molar-refractivity contribution in [1.82, 2.24) is 10.4 Å². The Morgan fingerprint density at radius 1 is 1.44 bits per heavy atom. The number of hydrogen-bond acceptors (Lipinski definition) is 4. The molecule has 4 rings (SSSR count). The van der Waals surface area contributed by atoms with E-state index in [1.54, 1.807) is 17.2 Å². The van der Waals surface area contributed by atoms with Gasteiger partial charge in [-0.3, -0.25) is 0 Å². The molecule has 4 heteroatoms. The van der Waals surface area contributed by atoms with Crippen molar-refractivity contribution >= 4 is 5.97 Å². The van der Waals surface area contributed by atoms with Gasteiger partial charge >= 0.3 is 5.97 Å². The van der Waals surface area contributed by atoms with Crippen LogP contribution >= 0.6 is 0 Å². The maximum atomic E-state index is 11.9. The van der Waals surface area contributed by atoms with E-state index in [2.05, 4.69) is 5.32 Å². The van der Waals surface area contributed by atoms with Crippen LogP contribution in [-0.2, 0) is 4.84 Å². The molecular formula is C14H18N2O2. The molecule has 2 aliphatic heterocycles. The minimum atomic E-state index is -0.281. The van der Waals surface area contributed by atoms with Crippen LogP contribution in [-0.4, -0.2) is 37.2 Å². The largest absolute Gasteiger partial charge is 0.364 e. The average molecular weight is 246 g/mol.